The van der Waals surface area contributed by atoms with Crippen molar-refractivity contribution in [3.8, 4) is 11.6 Å². The third kappa shape index (κ3) is 3.20. The number of aromatic nitrogens is 2. The van der Waals surface area contributed by atoms with Gasteiger partial charge in [-0.25, -0.2) is 4.98 Å². The molecule has 1 fully saturated rings. The lowest BCUT2D eigenvalue weighted by atomic mass is 9.75. The van der Waals surface area contributed by atoms with Crippen molar-refractivity contribution in [3.05, 3.63) is 71.9 Å². The van der Waals surface area contributed by atoms with Crippen LogP contribution in [-0.2, 0) is 6.42 Å². The predicted molar refractivity (Wildman–Crippen MR) is 111 cm³/mol. The van der Waals surface area contributed by atoms with E-state index in [2.05, 4.69) is 20.9 Å². The first-order valence-corrected chi connectivity index (χ1v) is 9.87. The molecule has 1 aromatic heterocycles. The van der Waals surface area contributed by atoms with E-state index in [0.717, 1.165) is 37.9 Å². The highest BCUT2D eigenvalue weighted by Gasteiger charge is 2.47. The van der Waals surface area contributed by atoms with E-state index in [1.807, 2.05) is 30.3 Å². The van der Waals surface area contributed by atoms with Gasteiger partial charge in [0.25, 0.3) is 0 Å². The highest BCUT2D eigenvalue weighted by Crippen LogP contribution is 2.44. The van der Waals surface area contributed by atoms with Crippen molar-refractivity contribution in [3.63, 3.8) is 0 Å². The molecular formula is C23H22N4O2. The minimum absolute atomic E-state index is 0.266. The smallest absolute Gasteiger partial charge is 0.228 e. The van der Waals surface area contributed by atoms with Gasteiger partial charge >= 0.3 is 0 Å². The fraction of sp³-hybridized carbons (Fsp3) is 0.261. The number of ketones is 1. The van der Waals surface area contributed by atoms with E-state index in [1.165, 1.54) is 5.56 Å². The van der Waals surface area contributed by atoms with Gasteiger partial charge in [-0.1, -0.05) is 24.3 Å². The second-order valence-electron chi connectivity index (χ2n) is 7.80. The van der Waals surface area contributed by atoms with Crippen LogP contribution in [-0.4, -0.2) is 28.8 Å². The average molecular weight is 386 g/mol. The Morgan fingerprint density at radius 1 is 1.00 bits per heavy atom. The summed E-state index contributed by atoms with van der Waals surface area (Å²) in [6.45, 7) is 1.51. The summed E-state index contributed by atoms with van der Waals surface area (Å²) < 4.78 is 5.83. The molecule has 1 aliphatic heterocycles. The number of hydrogen-bond acceptors (Lipinski definition) is 6. The van der Waals surface area contributed by atoms with Gasteiger partial charge in [-0.05, 0) is 49.1 Å². The summed E-state index contributed by atoms with van der Waals surface area (Å²) in [6.07, 6.45) is 4.17. The monoisotopic (exact) mass is 386 g/mol. The minimum atomic E-state index is -0.266. The van der Waals surface area contributed by atoms with Gasteiger partial charge in [0.15, 0.2) is 5.78 Å². The van der Waals surface area contributed by atoms with E-state index in [9.17, 15) is 4.79 Å². The second-order valence-corrected chi connectivity index (χ2v) is 7.80. The van der Waals surface area contributed by atoms with Crippen LogP contribution in [0, 0.1) is 5.41 Å². The first-order valence-electron chi connectivity index (χ1n) is 9.87. The standard InChI is InChI=1S/C23H22N4O2/c24-17-5-7-18(8-6-17)29-20-9-12-25-22(26-20)27-13-10-23(11-14-27)15-16-3-1-2-4-19(16)21(23)28/h1-9,12H,10-11,13-15,24H2. The van der Waals surface area contributed by atoms with Crippen LogP contribution >= 0.6 is 0 Å². The van der Waals surface area contributed by atoms with E-state index in [4.69, 9.17) is 10.5 Å². The SMILES string of the molecule is Nc1ccc(Oc2ccnc(N3CCC4(CC3)Cc3ccccc3C4=O)n2)cc1. The minimum Gasteiger partial charge on any atom is -0.439 e. The Kier molecular flexibility index (Phi) is 4.19. The predicted octanol–water partition coefficient (Wildman–Crippen LogP) is 3.88. The first-order chi connectivity index (χ1) is 14.1. The second kappa shape index (κ2) is 6.88. The number of piperidine rings is 1. The normalized spacial score (nSPS) is 17.4. The summed E-state index contributed by atoms with van der Waals surface area (Å²) in [5, 5.41) is 0. The van der Waals surface area contributed by atoms with Crippen molar-refractivity contribution in [1.82, 2.24) is 9.97 Å². The van der Waals surface area contributed by atoms with Gasteiger partial charge in [0.2, 0.25) is 11.8 Å². The summed E-state index contributed by atoms with van der Waals surface area (Å²) in [6, 6.07) is 16.9. The van der Waals surface area contributed by atoms with Crippen LogP contribution in [0.4, 0.5) is 11.6 Å². The molecule has 2 aromatic carbocycles. The van der Waals surface area contributed by atoms with Crippen molar-refractivity contribution < 1.29 is 9.53 Å². The molecule has 0 radical (unpaired) electrons. The number of carbonyl (C=O) groups excluding carboxylic acids is 1. The topological polar surface area (TPSA) is 81.3 Å². The molecule has 6 nitrogen and oxygen atoms in total. The van der Waals surface area contributed by atoms with E-state index in [-0.39, 0.29) is 5.41 Å². The number of nitrogens with two attached hydrogens (primary N) is 1. The summed E-state index contributed by atoms with van der Waals surface area (Å²) >= 11 is 0. The largest absolute Gasteiger partial charge is 0.439 e. The number of hydrogen-bond donors (Lipinski definition) is 1. The number of benzene rings is 2. The lowest BCUT2D eigenvalue weighted by Crippen LogP contribution is -2.43. The number of fused-ring (bicyclic) bond motifs is 1. The summed E-state index contributed by atoms with van der Waals surface area (Å²) in [5.41, 5.74) is 8.22. The van der Waals surface area contributed by atoms with Gasteiger partial charge in [-0.3, -0.25) is 4.79 Å². The Balaban J connectivity index is 1.29. The number of ether oxygens (including phenoxy) is 1. The van der Waals surface area contributed by atoms with Gasteiger partial charge in [0.1, 0.15) is 5.75 Å². The highest BCUT2D eigenvalue weighted by atomic mass is 16.5. The third-order valence-electron chi connectivity index (χ3n) is 6.00. The first kappa shape index (κ1) is 17.7. The molecule has 0 bridgehead atoms. The molecule has 6 heteroatoms. The molecule has 1 spiro atoms. The highest BCUT2D eigenvalue weighted by molar-refractivity contribution is 6.05. The Labute approximate surface area is 169 Å². The summed E-state index contributed by atoms with van der Waals surface area (Å²) in [7, 11) is 0. The molecule has 1 aliphatic carbocycles. The van der Waals surface area contributed by atoms with Crippen molar-refractivity contribution in [2.45, 2.75) is 19.3 Å². The maximum atomic E-state index is 13.0. The van der Waals surface area contributed by atoms with E-state index >= 15 is 0 Å². The van der Waals surface area contributed by atoms with Crippen molar-refractivity contribution in [2.24, 2.45) is 5.41 Å². The maximum Gasteiger partial charge on any atom is 0.228 e. The van der Waals surface area contributed by atoms with Crippen molar-refractivity contribution in [2.75, 3.05) is 23.7 Å². The maximum absolute atomic E-state index is 13.0. The van der Waals surface area contributed by atoms with Crippen molar-refractivity contribution >= 4 is 17.4 Å². The van der Waals surface area contributed by atoms with Crippen LogP contribution in [0.2, 0.25) is 0 Å². The quantitative estimate of drug-likeness (QED) is 0.688. The van der Waals surface area contributed by atoms with E-state index in [0.29, 0.717) is 29.0 Å². The van der Waals surface area contributed by atoms with Crippen LogP contribution in [0.15, 0.2) is 60.8 Å². The summed E-state index contributed by atoms with van der Waals surface area (Å²) in [4.78, 5) is 24.1. The van der Waals surface area contributed by atoms with Crippen LogP contribution < -0.4 is 15.4 Å². The van der Waals surface area contributed by atoms with Gasteiger partial charge < -0.3 is 15.4 Å². The third-order valence-corrected chi connectivity index (χ3v) is 6.00. The van der Waals surface area contributed by atoms with Gasteiger partial charge in [0, 0.05) is 42.0 Å². The lowest BCUT2D eigenvalue weighted by molar-refractivity contribution is 0.0774. The Morgan fingerprint density at radius 3 is 2.52 bits per heavy atom. The molecular weight excluding hydrogens is 364 g/mol. The molecule has 2 aliphatic rings. The van der Waals surface area contributed by atoms with Gasteiger partial charge in [-0.2, -0.15) is 4.98 Å². The van der Waals surface area contributed by atoms with Crippen LogP contribution in [0.1, 0.15) is 28.8 Å². The average Bonchev–Trinajstić information content (AvgIpc) is 3.02. The van der Waals surface area contributed by atoms with Gasteiger partial charge in [0.05, 0.1) is 0 Å². The molecule has 1 saturated heterocycles. The zero-order chi connectivity index (χ0) is 19.8. The molecule has 0 unspecified atom stereocenters. The Bertz CT molecular complexity index is 1060. The number of nitrogens with zero attached hydrogens (tertiary/aromatic N) is 3. The number of rotatable bonds is 3. The molecule has 0 atom stereocenters. The molecule has 3 aromatic rings. The van der Waals surface area contributed by atoms with E-state index < -0.39 is 0 Å². The molecule has 2 heterocycles. The number of anilines is 2. The molecule has 2 N–H and O–H groups in total. The molecule has 0 amide bonds. The zero-order valence-electron chi connectivity index (χ0n) is 16.0. The Hall–Kier alpha value is -3.41. The number of carbonyl (C=O) groups is 1. The summed E-state index contributed by atoms with van der Waals surface area (Å²) in [5.74, 6) is 2.10. The molecule has 5 rings (SSSR count). The molecule has 0 saturated carbocycles. The van der Waals surface area contributed by atoms with Crippen LogP contribution in [0.3, 0.4) is 0 Å². The lowest BCUT2D eigenvalue weighted by Gasteiger charge is -2.38. The van der Waals surface area contributed by atoms with Crippen molar-refractivity contribution in [1.29, 1.82) is 0 Å². The van der Waals surface area contributed by atoms with E-state index in [1.54, 1.807) is 24.4 Å². The number of Topliss-reactive ketones (excluding diaryl/α,β-unsaturated/α-hetero) is 1. The zero-order valence-corrected chi connectivity index (χ0v) is 16.0. The van der Waals surface area contributed by atoms with Gasteiger partial charge in [-0.15, -0.1) is 0 Å². The number of nitrogen functional groups attached to an aromatic ring is 1. The molecule has 146 valence electrons. The Morgan fingerprint density at radius 2 is 1.76 bits per heavy atom. The molecule has 29 heavy (non-hydrogen) atoms. The van der Waals surface area contributed by atoms with Crippen LogP contribution in [0.5, 0.6) is 11.6 Å². The fourth-order valence-corrected chi connectivity index (χ4v) is 4.36. The van der Waals surface area contributed by atoms with Crippen LogP contribution in [0.25, 0.3) is 0 Å². The fourth-order valence-electron chi connectivity index (χ4n) is 4.36.